The second kappa shape index (κ2) is 7.18. The molecule has 0 aromatic carbocycles. The summed E-state index contributed by atoms with van der Waals surface area (Å²) in [6.45, 7) is 3.72. The minimum atomic E-state index is -0.314. The molecule has 130 valence electrons. The average molecular weight is 415 g/mol. The standard InChI is InChI=1S/C15H19BrN4O3S/c1-8-6-9(16)14(22)20(8)19-12(21)5-3-2-4-11-13-10(7-24-11)17-15(23)18-13/h6,10-11,13H,1-5,7H2,(H,19,21)(H2,17,18,23)/t10-,11-,13-/m1/s1. The highest BCUT2D eigenvalue weighted by Gasteiger charge is 2.42. The van der Waals surface area contributed by atoms with Gasteiger partial charge >= 0.3 is 6.03 Å². The summed E-state index contributed by atoms with van der Waals surface area (Å²) in [5, 5.41) is 7.44. The van der Waals surface area contributed by atoms with E-state index in [1.807, 2.05) is 11.8 Å². The van der Waals surface area contributed by atoms with Gasteiger partial charge in [0.25, 0.3) is 5.91 Å². The summed E-state index contributed by atoms with van der Waals surface area (Å²) < 4.78 is 0.382. The zero-order valence-electron chi connectivity index (χ0n) is 13.0. The van der Waals surface area contributed by atoms with Crippen molar-refractivity contribution in [3.63, 3.8) is 0 Å². The van der Waals surface area contributed by atoms with Crippen molar-refractivity contribution in [2.24, 2.45) is 0 Å². The summed E-state index contributed by atoms with van der Waals surface area (Å²) in [5.74, 6) is 0.425. The fourth-order valence-electron chi connectivity index (χ4n) is 3.09. The molecule has 0 aliphatic carbocycles. The van der Waals surface area contributed by atoms with E-state index in [0.717, 1.165) is 30.0 Å². The lowest BCUT2D eigenvalue weighted by Crippen LogP contribution is -2.42. The first-order chi connectivity index (χ1) is 11.5. The van der Waals surface area contributed by atoms with E-state index in [2.05, 4.69) is 38.6 Å². The van der Waals surface area contributed by atoms with Gasteiger partial charge in [-0.1, -0.05) is 13.0 Å². The normalized spacial score (nSPS) is 28.5. The Bertz CT molecular complexity index is 624. The van der Waals surface area contributed by atoms with Gasteiger partial charge in [-0.3, -0.25) is 15.0 Å². The Balaban J connectivity index is 1.35. The second-order valence-corrected chi connectivity index (χ2v) is 8.15. The molecule has 0 unspecified atom stereocenters. The summed E-state index contributed by atoms with van der Waals surface area (Å²) in [6.07, 6.45) is 4.53. The Morgan fingerprint density at radius 1 is 1.42 bits per heavy atom. The monoisotopic (exact) mass is 414 g/mol. The Hall–Kier alpha value is -1.48. The number of nitrogens with one attached hydrogen (secondary N) is 3. The number of carbonyl (C=O) groups excluding carboxylic acids is 3. The van der Waals surface area contributed by atoms with Crippen LogP contribution in [0.15, 0.2) is 22.8 Å². The maximum atomic E-state index is 12.0. The van der Waals surface area contributed by atoms with Crippen LogP contribution in [0.2, 0.25) is 0 Å². The van der Waals surface area contributed by atoms with Crippen molar-refractivity contribution >= 4 is 45.5 Å². The fourth-order valence-corrected chi connectivity index (χ4v) is 5.07. The lowest BCUT2D eigenvalue weighted by Gasteiger charge is -2.19. The van der Waals surface area contributed by atoms with Gasteiger partial charge < -0.3 is 10.6 Å². The molecule has 3 aliphatic heterocycles. The van der Waals surface area contributed by atoms with Crippen LogP contribution in [0.1, 0.15) is 25.7 Å². The average Bonchev–Trinajstić information content (AvgIpc) is 3.14. The number of allylic oxidation sites excluding steroid dienone is 1. The van der Waals surface area contributed by atoms with Gasteiger partial charge in [-0.2, -0.15) is 11.8 Å². The molecule has 0 aromatic rings. The Labute approximate surface area is 152 Å². The molecule has 2 saturated heterocycles. The van der Waals surface area contributed by atoms with Crippen molar-refractivity contribution in [3.05, 3.63) is 22.8 Å². The van der Waals surface area contributed by atoms with Crippen LogP contribution in [0.25, 0.3) is 0 Å². The fraction of sp³-hybridized carbons (Fsp3) is 0.533. The number of fused-ring (bicyclic) bond motifs is 1. The predicted molar refractivity (Wildman–Crippen MR) is 95.1 cm³/mol. The third kappa shape index (κ3) is 3.61. The zero-order valence-corrected chi connectivity index (χ0v) is 15.4. The quantitative estimate of drug-likeness (QED) is 0.452. The maximum Gasteiger partial charge on any atom is 0.315 e. The number of unbranched alkanes of at least 4 members (excludes halogenated alkanes) is 1. The summed E-state index contributed by atoms with van der Waals surface area (Å²) in [5.41, 5.74) is 3.01. The summed E-state index contributed by atoms with van der Waals surface area (Å²) in [7, 11) is 0. The van der Waals surface area contributed by atoms with Gasteiger partial charge in [0, 0.05) is 17.4 Å². The van der Waals surface area contributed by atoms with E-state index < -0.39 is 0 Å². The van der Waals surface area contributed by atoms with Gasteiger partial charge in [-0.25, -0.2) is 9.80 Å². The van der Waals surface area contributed by atoms with Gasteiger partial charge in [0.05, 0.1) is 22.3 Å². The van der Waals surface area contributed by atoms with Gasteiger partial charge in [-0.15, -0.1) is 0 Å². The first kappa shape index (κ1) is 17.3. The third-order valence-corrected chi connectivity index (χ3v) is 6.38. The number of hydrogen-bond donors (Lipinski definition) is 3. The highest BCUT2D eigenvalue weighted by Crippen LogP contribution is 2.33. The third-order valence-electron chi connectivity index (χ3n) is 4.31. The highest BCUT2D eigenvalue weighted by molar-refractivity contribution is 9.12. The topological polar surface area (TPSA) is 90.5 Å². The van der Waals surface area contributed by atoms with E-state index in [1.54, 1.807) is 6.08 Å². The van der Waals surface area contributed by atoms with Crippen molar-refractivity contribution in [3.8, 4) is 0 Å². The molecule has 0 spiro atoms. The van der Waals surface area contributed by atoms with Gasteiger partial charge in [0.2, 0.25) is 5.91 Å². The summed E-state index contributed by atoms with van der Waals surface area (Å²) in [6, 6.07) is 0.351. The van der Waals surface area contributed by atoms with Crippen LogP contribution in [0.3, 0.4) is 0 Å². The second-order valence-electron chi connectivity index (χ2n) is 6.03. The Morgan fingerprint density at radius 2 is 2.21 bits per heavy atom. The number of rotatable bonds is 6. The molecule has 0 bridgehead atoms. The molecule has 3 N–H and O–H groups in total. The van der Waals surface area contributed by atoms with Crippen LogP contribution in [-0.4, -0.2) is 45.9 Å². The minimum Gasteiger partial charge on any atom is -0.332 e. The summed E-state index contributed by atoms with van der Waals surface area (Å²) >= 11 is 4.99. The molecule has 2 fully saturated rings. The molecule has 0 aromatic heterocycles. The van der Waals surface area contributed by atoms with E-state index in [-0.39, 0.29) is 29.9 Å². The zero-order chi connectivity index (χ0) is 17.3. The molecule has 7 nitrogen and oxygen atoms in total. The molecule has 24 heavy (non-hydrogen) atoms. The number of hydrazine groups is 1. The minimum absolute atomic E-state index is 0.0787. The predicted octanol–water partition coefficient (Wildman–Crippen LogP) is 1.38. The van der Waals surface area contributed by atoms with E-state index in [1.165, 1.54) is 0 Å². The van der Waals surface area contributed by atoms with E-state index in [4.69, 9.17) is 0 Å². The number of thioether (sulfide) groups is 1. The van der Waals surface area contributed by atoms with Crippen LogP contribution in [0.5, 0.6) is 0 Å². The van der Waals surface area contributed by atoms with Crippen LogP contribution in [0.4, 0.5) is 4.79 Å². The first-order valence-electron chi connectivity index (χ1n) is 7.84. The molecule has 3 heterocycles. The number of halogens is 1. The van der Waals surface area contributed by atoms with Crippen molar-refractivity contribution in [1.29, 1.82) is 0 Å². The Morgan fingerprint density at radius 3 is 2.92 bits per heavy atom. The van der Waals surface area contributed by atoms with Crippen LogP contribution in [0, 0.1) is 0 Å². The largest absolute Gasteiger partial charge is 0.332 e. The number of amides is 4. The summed E-state index contributed by atoms with van der Waals surface area (Å²) in [4.78, 5) is 35.1. The molecule has 3 rings (SSSR count). The van der Waals surface area contributed by atoms with Crippen LogP contribution in [-0.2, 0) is 9.59 Å². The van der Waals surface area contributed by atoms with Crippen molar-refractivity contribution in [1.82, 2.24) is 21.1 Å². The van der Waals surface area contributed by atoms with E-state index >= 15 is 0 Å². The van der Waals surface area contributed by atoms with Crippen molar-refractivity contribution < 1.29 is 14.4 Å². The molecule has 3 atom stereocenters. The SMILES string of the molecule is C=C1C=C(Br)C(=O)N1NC(=O)CCCC[C@H]1SC[C@H]2NC(=O)N[C@H]21. The molecule has 0 saturated carbocycles. The van der Waals surface area contributed by atoms with Gasteiger partial charge in [-0.05, 0) is 34.8 Å². The molecule has 9 heteroatoms. The maximum absolute atomic E-state index is 12.0. The molecular formula is C15H19BrN4O3S. The van der Waals surface area contributed by atoms with Crippen LogP contribution < -0.4 is 16.1 Å². The lowest BCUT2D eigenvalue weighted by atomic mass is 10.0. The lowest BCUT2D eigenvalue weighted by molar-refractivity contribution is -0.134. The van der Waals surface area contributed by atoms with Gasteiger partial charge in [0.15, 0.2) is 0 Å². The van der Waals surface area contributed by atoms with E-state index in [0.29, 0.717) is 21.9 Å². The van der Waals surface area contributed by atoms with Crippen LogP contribution >= 0.6 is 27.7 Å². The molecule has 4 amide bonds. The molecule has 0 radical (unpaired) electrons. The molecular weight excluding hydrogens is 396 g/mol. The number of urea groups is 1. The first-order valence-corrected chi connectivity index (χ1v) is 9.68. The number of nitrogens with zero attached hydrogens (tertiary/aromatic N) is 1. The smallest absolute Gasteiger partial charge is 0.315 e. The number of carbonyl (C=O) groups is 3. The van der Waals surface area contributed by atoms with Gasteiger partial charge in [0.1, 0.15) is 0 Å². The number of hydrogen-bond acceptors (Lipinski definition) is 4. The van der Waals surface area contributed by atoms with Crippen molar-refractivity contribution in [2.45, 2.75) is 43.0 Å². The van der Waals surface area contributed by atoms with E-state index in [9.17, 15) is 14.4 Å². The Kier molecular flexibility index (Phi) is 5.19. The van der Waals surface area contributed by atoms with Crippen molar-refractivity contribution in [2.75, 3.05) is 5.75 Å². The highest BCUT2D eigenvalue weighted by atomic mass is 79.9. The molecule has 3 aliphatic rings.